The molecule has 1 aromatic rings. The number of hydrogen-bond donors (Lipinski definition) is 0. The van der Waals surface area contributed by atoms with Gasteiger partial charge in [-0.15, -0.1) is 0 Å². The molecule has 0 N–H and O–H groups in total. The number of benzene rings is 1. The maximum Gasteiger partial charge on any atom is 0.163 e. The summed E-state index contributed by atoms with van der Waals surface area (Å²) in [5, 5.41) is 0. The highest BCUT2D eigenvalue weighted by Gasteiger charge is 2.14. The number of ketones is 2. The Labute approximate surface area is 133 Å². The van der Waals surface area contributed by atoms with Crippen LogP contribution in [-0.4, -0.2) is 18.2 Å². The van der Waals surface area contributed by atoms with Crippen molar-refractivity contribution in [2.24, 2.45) is 5.92 Å². The molecule has 0 saturated heterocycles. The van der Waals surface area contributed by atoms with Crippen molar-refractivity contribution in [2.75, 3.05) is 6.61 Å². The van der Waals surface area contributed by atoms with Gasteiger partial charge in [0.2, 0.25) is 0 Å². The summed E-state index contributed by atoms with van der Waals surface area (Å²) in [6, 6.07) is 7.44. The van der Waals surface area contributed by atoms with Crippen LogP contribution in [0.25, 0.3) is 0 Å². The minimum atomic E-state index is 0.0874. The van der Waals surface area contributed by atoms with Crippen LogP contribution in [0.1, 0.15) is 68.6 Å². The SMILES string of the molecule is CC(=O)CCCC(=O)c1cccc(OCC2CCCCC2)c1. The number of carbonyl (C=O) groups excluding carboxylic acids is 2. The average molecular weight is 302 g/mol. The van der Waals surface area contributed by atoms with Crippen molar-refractivity contribution in [2.45, 2.75) is 58.3 Å². The number of hydrogen-bond acceptors (Lipinski definition) is 3. The summed E-state index contributed by atoms with van der Waals surface area (Å²) < 4.78 is 5.87. The van der Waals surface area contributed by atoms with Gasteiger partial charge in [-0.2, -0.15) is 0 Å². The van der Waals surface area contributed by atoms with Gasteiger partial charge < -0.3 is 9.53 Å². The lowest BCUT2D eigenvalue weighted by Gasteiger charge is -2.21. The predicted octanol–water partition coefficient (Wildman–Crippen LogP) is 4.59. The minimum absolute atomic E-state index is 0.0874. The maximum atomic E-state index is 12.1. The largest absolute Gasteiger partial charge is 0.493 e. The fraction of sp³-hybridized carbons (Fsp3) is 0.579. The summed E-state index contributed by atoms with van der Waals surface area (Å²) >= 11 is 0. The second-order valence-corrected chi connectivity index (χ2v) is 6.32. The molecule has 0 amide bonds. The first kappa shape index (κ1) is 16.7. The summed E-state index contributed by atoms with van der Waals surface area (Å²) in [6.07, 6.45) is 8.00. The molecule has 3 heteroatoms. The second-order valence-electron chi connectivity index (χ2n) is 6.32. The van der Waals surface area contributed by atoms with Crippen molar-refractivity contribution in [3.63, 3.8) is 0 Å². The van der Waals surface area contributed by atoms with Gasteiger partial charge in [-0.3, -0.25) is 4.79 Å². The molecule has 2 rings (SSSR count). The Bertz CT molecular complexity index is 501. The third-order valence-electron chi connectivity index (χ3n) is 4.30. The van der Waals surface area contributed by atoms with E-state index in [4.69, 9.17) is 4.74 Å². The van der Waals surface area contributed by atoms with Crippen molar-refractivity contribution >= 4 is 11.6 Å². The predicted molar refractivity (Wildman–Crippen MR) is 87.4 cm³/mol. The van der Waals surface area contributed by atoms with E-state index in [1.807, 2.05) is 24.3 Å². The third-order valence-corrected chi connectivity index (χ3v) is 4.30. The second kappa shape index (κ2) is 8.72. The molecule has 1 fully saturated rings. The molecule has 0 spiro atoms. The van der Waals surface area contributed by atoms with Gasteiger partial charge in [-0.25, -0.2) is 0 Å². The highest BCUT2D eigenvalue weighted by atomic mass is 16.5. The maximum absolute atomic E-state index is 12.1. The van der Waals surface area contributed by atoms with Crippen molar-refractivity contribution in [3.05, 3.63) is 29.8 Å². The lowest BCUT2D eigenvalue weighted by Crippen LogP contribution is -2.15. The topological polar surface area (TPSA) is 43.4 Å². The fourth-order valence-electron chi connectivity index (χ4n) is 2.97. The molecule has 0 heterocycles. The van der Waals surface area contributed by atoms with Gasteiger partial charge >= 0.3 is 0 Å². The fourth-order valence-corrected chi connectivity index (χ4v) is 2.97. The molecule has 0 radical (unpaired) electrons. The molecular weight excluding hydrogens is 276 g/mol. The van der Waals surface area contributed by atoms with E-state index in [2.05, 4.69) is 0 Å². The molecule has 120 valence electrons. The van der Waals surface area contributed by atoms with Crippen molar-refractivity contribution < 1.29 is 14.3 Å². The van der Waals surface area contributed by atoms with Gasteiger partial charge in [0.25, 0.3) is 0 Å². The molecule has 1 aliphatic carbocycles. The molecule has 0 unspecified atom stereocenters. The molecule has 1 aromatic carbocycles. The lowest BCUT2D eigenvalue weighted by atomic mass is 9.90. The molecule has 0 atom stereocenters. The average Bonchev–Trinajstić information content (AvgIpc) is 2.54. The molecule has 0 bridgehead atoms. The normalized spacial score (nSPS) is 15.5. The number of carbonyl (C=O) groups is 2. The van der Waals surface area contributed by atoms with E-state index in [0.717, 1.165) is 12.4 Å². The quantitative estimate of drug-likeness (QED) is 0.660. The van der Waals surface area contributed by atoms with Crippen molar-refractivity contribution in [3.8, 4) is 5.75 Å². The van der Waals surface area contributed by atoms with Crippen LogP contribution in [0.3, 0.4) is 0 Å². The van der Waals surface area contributed by atoms with E-state index in [0.29, 0.717) is 30.7 Å². The Morgan fingerprint density at radius 1 is 1.14 bits per heavy atom. The van der Waals surface area contributed by atoms with Gasteiger partial charge in [0.05, 0.1) is 6.61 Å². The lowest BCUT2D eigenvalue weighted by molar-refractivity contribution is -0.117. The van der Waals surface area contributed by atoms with Crippen LogP contribution in [-0.2, 0) is 4.79 Å². The molecule has 1 aliphatic rings. The molecule has 22 heavy (non-hydrogen) atoms. The highest BCUT2D eigenvalue weighted by molar-refractivity contribution is 5.96. The Morgan fingerprint density at radius 2 is 1.91 bits per heavy atom. The minimum Gasteiger partial charge on any atom is -0.493 e. The number of Topliss-reactive ketones (excluding diaryl/α,β-unsaturated/α-hetero) is 2. The Kier molecular flexibility index (Phi) is 6.63. The smallest absolute Gasteiger partial charge is 0.163 e. The van der Waals surface area contributed by atoms with E-state index in [1.165, 1.54) is 32.1 Å². The van der Waals surface area contributed by atoms with Crippen molar-refractivity contribution in [1.29, 1.82) is 0 Å². The van der Waals surface area contributed by atoms with E-state index < -0.39 is 0 Å². The molecule has 0 aliphatic heterocycles. The van der Waals surface area contributed by atoms with Gasteiger partial charge in [0.1, 0.15) is 11.5 Å². The van der Waals surface area contributed by atoms with Crippen LogP contribution >= 0.6 is 0 Å². The zero-order valence-electron chi connectivity index (χ0n) is 13.5. The highest BCUT2D eigenvalue weighted by Crippen LogP contribution is 2.25. The van der Waals surface area contributed by atoms with Crippen LogP contribution < -0.4 is 4.74 Å². The summed E-state index contributed by atoms with van der Waals surface area (Å²) in [5.41, 5.74) is 0.685. The summed E-state index contributed by atoms with van der Waals surface area (Å²) in [5.74, 6) is 1.66. The zero-order chi connectivity index (χ0) is 15.8. The van der Waals surface area contributed by atoms with Gasteiger partial charge in [-0.05, 0) is 44.2 Å². The van der Waals surface area contributed by atoms with E-state index in [9.17, 15) is 9.59 Å². The van der Waals surface area contributed by atoms with Gasteiger partial charge in [0, 0.05) is 18.4 Å². The van der Waals surface area contributed by atoms with Crippen LogP contribution in [0.4, 0.5) is 0 Å². The van der Waals surface area contributed by atoms with Crippen LogP contribution in [0.15, 0.2) is 24.3 Å². The summed E-state index contributed by atoms with van der Waals surface area (Å²) in [4.78, 5) is 23.0. The Morgan fingerprint density at radius 3 is 2.64 bits per heavy atom. The van der Waals surface area contributed by atoms with E-state index >= 15 is 0 Å². The number of rotatable bonds is 8. The van der Waals surface area contributed by atoms with E-state index in [-0.39, 0.29) is 11.6 Å². The van der Waals surface area contributed by atoms with Crippen LogP contribution in [0.5, 0.6) is 5.75 Å². The van der Waals surface area contributed by atoms with Gasteiger partial charge in [-0.1, -0.05) is 31.4 Å². The summed E-state index contributed by atoms with van der Waals surface area (Å²) in [7, 11) is 0. The molecule has 1 saturated carbocycles. The first-order valence-electron chi connectivity index (χ1n) is 8.40. The Hall–Kier alpha value is -1.64. The molecule has 0 aromatic heterocycles. The van der Waals surface area contributed by atoms with Crippen LogP contribution in [0.2, 0.25) is 0 Å². The first-order valence-corrected chi connectivity index (χ1v) is 8.40. The molecular formula is C19H26O3. The van der Waals surface area contributed by atoms with E-state index in [1.54, 1.807) is 6.92 Å². The number of ether oxygens (including phenoxy) is 1. The standard InChI is InChI=1S/C19H26O3/c1-15(20)7-5-12-19(21)17-10-6-11-18(13-17)22-14-16-8-3-2-4-9-16/h6,10-11,13,16H,2-5,7-9,12,14H2,1H3. The zero-order valence-corrected chi connectivity index (χ0v) is 13.5. The van der Waals surface area contributed by atoms with Crippen molar-refractivity contribution in [1.82, 2.24) is 0 Å². The van der Waals surface area contributed by atoms with Crippen LogP contribution in [0, 0.1) is 5.92 Å². The Balaban J connectivity index is 1.83. The monoisotopic (exact) mass is 302 g/mol. The third kappa shape index (κ3) is 5.63. The molecule has 3 nitrogen and oxygen atoms in total. The first-order chi connectivity index (χ1) is 10.6. The van der Waals surface area contributed by atoms with Gasteiger partial charge in [0.15, 0.2) is 5.78 Å². The summed E-state index contributed by atoms with van der Waals surface area (Å²) in [6.45, 7) is 2.31.